The molecule has 2 aromatic rings. The largest absolute Gasteiger partial charge is 0.381 e. The minimum Gasteiger partial charge on any atom is -0.381 e. The number of amides is 1. The summed E-state index contributed by atoms with van der Waals surface area (Å²) in [6, 6.07) is 16.7. The molecule has 2 aliphatic heterocycles. The van der Waals surface area contributed by atoms with Crippen molar-refractivity contribution >= 4 is 23.0 Å². The Bertz CT molecular complexity index is 947. The van der Waals surface area contributed by atoms with Gasteiger partial charge in [0.15, 0.2) is 0 Å². The van der Waals surface area contributed by atoms with E-state index in [1.165, 1.54) is 11.3 Å². The number of methoxy groups -OCH3 is 1. The minimum absolute atomic E-state index is 0.0875. The minimum atomic E-state index is 0.0875. The van der Waals surface area contributed by atoms with Gasteiger partial charge in [-0.2, -0.15) is 0 Å². The lowest BCUT2D eigenvalue weighted by molar-refractivity contribution is -0.137. The van der Waals surface area contributed by atoms with E-state index in [-0.39, 0.29) is 5.92 Å². The topological polar surface area (TPSA) is 45.1 Å². The molecule has 2 heterocycles. The van der Waals surface area contributed by atoms with Crippen molar-refractivity contribution < 1.29 is 9.53 Å². The summed E-state index contributed by atoms with van der Waals surface area (Å²) in [4.78, 5) is 22.2. The monoisotopic (exact) mass is 419 g/mol. The number of benzene rings is 2. The lowest BCUT2D eigenvalue weighted by Crippen LogP contribution is -2.44. The van der Waals surface area contributed by atoms with E-state index in [4.69, 9.17) is 9.73 Å². The van der Waals surface area contributed by atoms with Gasteiger partial charge in [0.2, 0.25) is 5.91 Å². The van der Waals surface area contributed by atoms with E-state index in [9.17, 15) is 4.79 Å². The molecule has 0 N–H and O–H groups in total. The molecule has 2 aromatic carbocycles. The lowest BCUT2D eigenvalue weighted by atomic mass is 10.0. The van der Waals surface area contributed by atoms with Crippen molar-refractivity contribution in [2.45, 2.75) is 39.2 Å². The van der Waals surface area contributed by atoms with Crippen molar-refractivity contribution in [3.8, 4) is 0 Å². The summed E-state index contributed by atoms with van der Waals surface area (Å²) in [6.45, 7) is 7.49. The van der Waals surface area contributed by atoms with Gasteiger partial charge in [-0.15, -0.1) is 0 Å². The van der Waals surface area contributed by atoms with Crippen LogP contribution in [0, 0.1) is 12.8 Å². The van der Waals surface area contributed by atoms with E-state index in [0.29, 0.717) is 12.0 Å². The Morgan fingerprint density at radius 2 is 1.81 bits per heavy atom. The predicted molar refractivity (Wildman–Crippen MR) is 126 cm³/mol. The fourth-order valence-corrected chi connectivity index (χ4v) is 4.63. The van der Waals surface area contributed by atoms with Crippen LogP contribution < -0.4 is 4.90 Å². The molecule has 0 aromatic heterocycles. The van der Waals surface area contributed by atoms with Crippen molar-refractivity contribution in [1.29, 1.82) is 0 Å². The maximum atomic E-state index is 13.0. The number of para-hydroxylation sites is 1. The number of hydrogen-bond acceptors (Lipinski definition) is 4. The van der Waals surface area contributed by atoms with Gasteiger partial charge in [0.25, 0.3) is 0 Å². The van der Waals surface area contributed by atoms with E-state index < -0.39 is 0 Å². The number of carbonyl (C=O) groups is 1. The third-order valence-corrected chi connectivity index (χ3v) is 6.66. The van der Waals surface area contributed by atoms with Gasteiger partial charge in [-0.25, -0.2) is 0 Å². The summed E-state index contributed by atoms with van der Waals surface area (Å²) < 4.78 is 5.44. The maximum absolute atomic E-state index is 13.0. The fourth-order valence-electron chi connectivity index (χ4n) is 4.63. The molecule has 0 aliphatic carbocycles. The molecular weight excluding hydrogens is 386 g/mol. The maximum Gasteiger partial charge on any atom is 0.227 e. The van der Waals surface area contributed by atoms with Gasteiger partial charge < -0.3 is 14.5 Å². The molecule has 0 bridgehead atoms. The SMILES string of the molecule is COC1CCN(C(=O)C2CCN(c3cccc(C(C)=Nc4ccccc4C)c3)C2)CC1. The lowest BCUT2D eigenvalue weighted by Gasteiger charge is -2.33. The normalized spacial score (nSPS) is 20.4. The highest BCUT2D eigenvalue weighted by atomic mass is 16.5. The Kier molecular flexibility index (Phi) is 6.71. The van der Waals surface area contributed by atoms with Crippen molar-refractivity contribution in [1.82, 2.24) is 4.90 Å². The third-order valence-electron chi connectivity index (χ3n) is 6.66. The predicted octanol–water partition coefficient (Wildman–Crippen LogP) is 4.60. The summed E-state index contributed by atoms with van der Waals surface area (Å²) in [7, 11) is 1.76. The molecule has 0 radical (unpaired) electrons. The number of ether oxygens (including phenoxy) is 1. The molecule has 2 saturated heterocycles. The van der Waals surface area contributed by atoms with E-state index in [1.807, 2.05) is 17.0 Å². The Hall–Kier alpha value is -2.66. The van der Waals surface area contributed by atoms with Crippen LogP contribution in [0.25, 0.3) is 0 Å². The smallest absolute Gasteiger partial charge is 0.227 e. The second-order valence-electron chi connectivity index (χ2n) is 8.73. The second kappa shape index (κ2) is 9.65. The molecule has 4 rings (SSSR count). The molecule has 164 valence electrons. The first-order valence-corrected chi connectivity index (χ1v) is 11.3. The number of rotatable bonds is 5. The highest BCUT2D eigenvalue weighted by molar-refractivity contribution is 6.01. The van der Waals surface area contributed by atoms with Crippen molar-refractivity contribution in [2.75, 3.05) is 38.2 Å². The van der Waals surface area contributed by atoms with Gasteiger partial charge in [-0.1, -0.05) is 30.3 Å². The van der Waals surface area contributed by atoms with Crippen LogP contribution in [0.15, 0.2) is 53.5 Å². The molecule has 2 fully saturated rings. The van der Waals surface area contributed by atoms with Gasteiger partial charge in [-0.05, 0) is 62.4 Å². The second-order valence-corrected chi connectivity index (χ2v) is 8.73. The number of likely N-dealkylation sites (tertiary alicyclic amines) is 1. The zero-order valence-corrected chi connectivity index (χ0v) is 18.9. The Labute approximate surface area is 185 Å². The number of carbonyl (C=O) groups excluding carboxylic acids is 1. The third kappa shape index (κ3) is 4.99. The van der Waals surface area contributed by atoms with Gasteiger partial charge in [-0.3, -0.25) is 9.79 Å². The first kappa shape index (κ1) is 21.6. The Morgan fingerprint density at radius 3 is 2.55 bits per heavy atom. The van der Waals surface area contributed by atoms with Crippen LogP contribution in [-0.2, 0) is 9.53 Å². The van der Waals surface area contributed by atoms with E-state index in [0.717, 1.165) is 62.4 Å². The van der Waals surface area contributed by atoms with Gasteiger partial charge in [0, 0.05) is 44.7 Å². The zero-order chi connectivity index (χ0) is 21.8. The van der Waals surface area contributed by atoms with Crippen molar-refractivity contribution in [3.63, 3.8) is 0 Å². The molecule has 2 aliphatic rings. The van der Waals surface area contributed by atoms with Crippen LogP contribution in [0.2, 0.25) is 0 Å². The number of piperidine rings is 1. The fraction of sp³-hybridized carbons (Fsp3) is 0.462. The molecule has 1 amide bonds. The average Bonchev–Trinajstić information content (AvgIpc) is 3.30. The number of nitrogens with zero attached hydrogens (tertiary/aromatic N) is 3. The van der Waals surface area contributed by atoms with Crippen LogP contribution in [0.1, 0.15) is 37.3 Å². The zero-order valence-electron chi connectivity index (χ0n) is 18.9. The summed E-state index contributed by atoms with van der Waals surface area (Å²) in [5, 5.41) is 0. The molecule has 31 heavy (non-hydrogen) atoms. The van der Waals surface area contributed by atoms with Crippen molar-refractivity contribution in [3.05, 3.63) is 59.7 Å². The number of aryl methyl sites for hydroxylation is 1. The van der Waals surface area contributed by atoms with E-state index >= 15 is 0 Å². The summed E-state index contributed by atoms with van der Waals surface area (Å²) in [6.07, 6.45) is 3.11. The van der Waals surface area contributed by atoms with Crippen LogP contribution in [0.5, 0.6) is 0 Å². The molecule has 5 nitrogen and oxygen atoms in total. The van der Waals surface area contributed by atoms with Gasteiger partial charge in [0.1, 0.15) is 0 Å². The van der Waals surface area contributed by atoms with Crippen LogP contribution >= 0.6 is 0 Å². The van der Waals surface area contributed by atoms with Gasteiger partial charge in [0.05, 0.1) is 17.7 Å². The molecule has 1 unspecified atom stereocenters. The molecule has 0 saturated carbocycles. The molecular formula is C26H33N3O2. The van der Waals surface area contributed by atoms with E-state index in [2.05, 4.69) is 55.1 Å². The Balaban J connectivity index is 1.42. The quantitative estimate of drug-likeness (QED) is 0.666. The average molecular weight is 420 g/mol. The summed E-state index contributed by atoms with van der Waals surface area (Å²) >= 11 is 0. The van der Waals surface area contributed by atoms with Crippen LogP contribution in [0.4, 0.5) is 11.4 Å². The summed E-state index contributed by atoms with van der Waals surface area (Å²) in [5.41, 5.74) is 5.48. The molecule has 0 spiro atoms. The number of hydrogen-bond donors (Lipinski definition) is 0. The highest BCUT2D eigenvalue weighted by Crippen LogP contribution is 2.28. The standard InChI is InChI=1S/C26H33N3O2/c1-19-7-4-5-10-25(19)27-20(2)21-8-6-9-23(17-21)29-14-11-22(18-29)26(30)28-15-12-24(31-3)13-16-28/h4-10,17,22,24H,11-16,18H2,1-3H3. The summed E-state index contributed by atoms with van der Waals surface area (Å²) in [5.74, 6) is 0.398. The molecule has 5 heteroatoms. The highest BCUT2D eigenvalue weighted by Gasteiger charge is 2.33. The molecule has 1 atom stereocenters. The first-order chi connectivity index (χ1) is 15.0. The van der Waals surface area contributed by atoms with E-state index in [1.54, 1.807) is 7.11 Å². The first-order valence-electron chi connectivity index (χ1n) is 11.3. The Morgan fingerprint density at radius 1 is 1.03 bits per heavy atom. The number of anilines is 1. The number of aliphatic imine (C=N–C) groups is 1. The van der Waals surface area contributed by atoms with Gasteiger partial charge >= 0.3 is 0 Å². The van der Waals surface area contributed by atoms with Crippen LogP contribution in [-0.4, -0.2) is 55.9 Å². The van der Waals surface area contributed by atoms with Crippen molar-refractivity contribution in [2.24, 2.45) is 10.9 Å². The van der Waals surface area contributed by atoms with Crippen LogP contribution in [0.3, 0.4) is 0 Å².